The third-order valence-electron chi connectivity index (χ3n) is 6.07. The Morgan fingerprint density at radius 3 is 2.21 bits per heavy atom. The van der Waals surface area contributed by atoms with Gasteiger partial charge in [0.2, 0.25) is 5.91 Å². The monoisotopic (exact) mass is 577 g/mol. The van der Waals surface area contributed by atoms with Crippen molar-refractivity contribution in [2.45, 2.75) is 42.6 Å². The molecule has 0 spiro atoms. The second kappa shape index (κ2) is 8.99. The van der Waals surface area contributed by atoms with Gasteiger partial charge in [-0.1, -0.05) is 22.8 Å². The predicted octanol–water partition coefficient (Wildman–Crippen LogP) is 6.30. The Kier molecular flexibility index (Phi) is 6.60. The van der Waals surface area contributed by atoms with Gasteiger partial charge in [0.05, 0.1) is 41.5 Å². The van der Waals surface area contributed by atoms with E-state index in [0.29, 0.717) is 11.0 Å². The van der Waals surface area contributed by atoms with Crippen molar-refractivity contribution >= 4 is 23.2 Å². The van der Waals surface area contributed by atoms with Crippen LogP contribution in [0, 0.1) is 0 Å². The lowest BCUT2D eigenvalue weighted by Crippen LogP contribution is -2.59. The Bertz CT molecular complexity index is 1270. The number of likely N-dealkylation sites (tertiary alicyclic amines) is 1. The van der Waals surface area contributed by atoms with Crippen molar-refractivity contribution in [3.8, 4) is 0 Å². The number of halogens is 11. The normalized spacial score (nSPS) is 21.6. The molecule has 4 rings (SSSR count). The number of nitrogens with zero attached hydrogens (tertiary/aromatic N) is 3. The molecule has 0 N–H and O–H groups in total. The van der Waals surface area contributed by atoms with Gasteiger partial charge in [0.25, 0.3) is 5.60 Å². The molecule has 1 amide bonds. The minimum Gasteiger partial charge on any atom is -0.374 e. The van der Waals surface area contributed by atoms with Crippen molar-refractivity contribution in [1.29, 1.82) is 0 Å². The number of alkyl halides is 10. The summed E-state index contributed by atoms with van der Waals surface area (Å²) in [4.78, 5) is 20.7. The quantitative estimate of drug-likeness (QED) is 0.401. The van der Waals surface area contributed by atoms with Crippen molar-refractivity contribution in [3.63, 3.8) is 0 Å². The second-order valence-corrected chi connectivity index (χ2v) is 9.17. The number of hydrogen-bond acceptors (Lipinski definition) is 4. The van der Waals surface area contributed by atoms with Crippen LogP contribution in [0.15, 0.2) is 41.7 Å². The van der Waals surface area contributed by atoms with Crippen molar-refractivity contribution < 1.29 is 53.5 Å². The van der Waals surface area contributed by atoms with Crippen LogP contribution in [-0.4, -0.2) is 46.9 Å². The molecule has 1 aromatic heterocycles. The maximum absolute atomic E-state index is 15.0. The fraction of sp³-hybridized carbons (Fsp3) is 0.409. The van der Waals surface area contributed by atoms with Crippen molar-refractivity contribution in [1.82, 2.24) is 9.88 Å². The molecule has 1 atom stereocenters. The van der Waals surface area contributed by atoms with Crippen LogP contribution < -0.4 is 0 Å². The van der Waals surface area contributed by atoms with Crippen molar-refractivity contribution in [3.05, 3.63) is 63.9 Å². The van der Waals surface area contributed by atoms with E-state index in [-0.39, 0.29) is 23.0 Å². The van der Waals surface area contributed by atoms with Gasteiger partial charge in [-0.2, -0.15) is 39.5 Å². The summed E-state index contributed by atoms with van der Waals surface area (Å²) in [6.45, 7) is -1.40. The molecule has 5 nitrogen and oxygen atoms in total. The zero-order chi connectivity index (χ0) is 28.3. The maximum Gasteiger partial charge on any atom is 0.435 e. The van der Waals surface area contributed by atoms with Gasteiger partial charge in [-0.3, -0.25) is 9.78 Å². The van der Waals surface area contributed by atoms with Crippen LogP contribution in [0.5, 0.6) is 0 Å². The highest BCUT2D eigenvalue weighted by Gasteiger charge is 2.62. The first-order valence-corrected chi connectivity index (χ1v) is 10.9. The first kappa shape index (κ1) is 27.9. The third kappa shape index (κ3) is 5.12. The number of carbonyl (C=O) groups excluding carboxylic acids is 1. The number of aromatic nitrogens is 1. The molecule has 0 aliphatic carbocycles. The van der Waals surface area contributed by atoms with Crippen LogP contribution >= 0.6 is 11.6 Å². The van der Waals surface area contributed by atoms with Crippen LogP contribution in [-0.2, 0) is 27.1 Å². The standard InChI is InChI=1S/C22H14ClF10N3O2/c23-14-3-2-12(5-13(14)21(28,29)30)19(22(31,32)33)6-15(35-38-19)11-1-4-16(34-8-11)18(24)9-36(10-18)17(37)7-20(25,26)27/h1-5,8H,6-7,9-10H2. The fourth-order valence-corrected chi connectivity index (χ4v) is 4.29. The lowest BCUT2D eigenvalue weighted by Gasteiger charge is -2.44. The molecule has 206 valence electrons. The van der Waals surface area contributed by atoms with Gasteiger partial charge >= 0.3 is 18.5 Å². The molecular formula is C22H14ClF10N3O2. The zero-order valence-electron chi connectivity index (χ0n) is 18.6. The van der Waals surface area contributed by atoms with Crippen LogP contribution in [0.25, 0.3) is 0 Å². The summed E-state index contributed by atoms with van der Waals surface area (Å²) < 4.78 is 134. The molecule has 2 aromatic rings. The number of hydrogen-bond donors (Lipinski definition) is 0. The molecule has 0 bridgehead atoms. The molecule has 1 aromatic carbocycles. The molecule has 38 heavy (non-hydrogen) atoms. The summed E-state index contributed by atoms with van der Waals surface area (Å²) in [5.41, 5.74) is -8.66. The molecule has 2 aliphatic rings. The third-order valence-corrected chi connectivity index (χ3v) is 6.40. The van der Waals surface area contributed by atoms with E-state index in [1.807, 2.05) is 0 Å². The summed E-state index contributed by atoms with van der Waals surface area (Å²) in [5, 5.41) is 2.59. The first-order valence-electron chi connectivity index (χ1n) is 10.5. The molecule has 16 heteroatoms. The van der Waals surface area contributed by atoms with E-state index in [4.69, 9.17) is 16.4 Å². The van der Waals surface area contributed by atoms with Crippen molar-refractivity contribution in [2.75, 3.05) is 13.1 Å². The van der Waals surface area contributed by atoms with E-state index in [1.165, 1.54) is 0 Å². The molecule has 1 fully saturated rings. The summed E-state index contributed by atoms with van der Waals surface area (Å²) in [6, 6.07) is 3.81. The molecule has 0 saturated carbocycles. The van der Waals surface area contributed by atoms with E-state index in [9.17, 15) is 44.3 Å². The van der Waals surface area contributed by atoms with Gasteiger partial charge < -0.3 is 9.74 Å². The van der Waals surface area contributed by atoms with Crippen LogP contribution in [0.3, 0.4) is 0 Å². The average molecular weight is 578 g/mol. The first-order chi connectivity index (χ1) is 17.3. The topological polar surface area (TPSA) is 54.8 Å². The minimum atomic E-state index is -5.22. The van der Waals surface area contributed by atoms with E-state index in [1.54, 1.807) is 0 Å². The molecule has 1 saturated heterocycles. The van der Waals surface area contributed by atoms with E-state index in [2.05, 4.69) is 10.1 Å². The highest BCUT2D eigenvalue weighted by molar-refractivity contribution is 6.31. The van der Waals surface area contributed by atoms with Crippen LogP contribution in [0.1, 0.15) is 35.2 Å². The Morgan fingerprint density at radius 2 is 1.68 bits per heavy atom. The summed E-state index contributed by atoms with van der Waals surface area (Å²) in [7, 11) is 0. The Morgan fingerprint density at radius 1 is 1.03 bits per heavy atom. The highest BCUT2D eigenvalue weighted by Crippen LogP contribution is 2.50. The van der Waals surface area contributed by atoms with Gasteiger partial charge in [-0.25, -0.2) is 4.39 Å². The summed E-state index contributed by atoms with van der Waals surface area (Å²) >= 11 is 5.51. The fourth-order valence-electron chi connectivity index (χ4n) is 4.06. The van der Waals surface area contributed by atoms with Gasteiger partial charge in [0, 0.05) is 17.3 Å². The van der Waals surface area contributed by atoms with Gasteiger partial charge in [-0.15, -0.1) is 0 Å². The number of carbonyl (C=O) groups is 1. The maximum atomic E-state index is 15.0. The molecule has 2 aliphatic heterocycles. The molecule has 3 heterocycles. The van der Waals surface area contributed by atoms with Gasteiger partial charge in [-0.05, 0) is 24.3 Å². The van der Waals surface area contributed by atoms with E-state index >= 15 is 4.39 Å². The summed E-state index contributed by atoms with van der Waals surface area (Å²) in [5.74, 6) is -1.32. The molecular weight excluding hydrogens is 564 g/mol. The van der Waals surface area contributed by atoms with Crippen molar-refractivity contribution in [2.24, 2.45) is 5.16 Å². The van der Waals surface area contributed by atoms with Gasteiger partial charge in [0.1, 0.15) is 6.42 Å². The Hall–Kier alpha value is -3.10. The summed E-state index contributed by atoms with van der Waals surface area (Å²) in [6.07, 6.45) is -16.9. The smallest absolute Gasteiger partial charge is 0.374 e. The zero-order valence-corrected chi connectivity index (χ0v) is 19.4. The highest BCUT2D eigenvalue weighted by atomic mass is 35.5. The predicted molar refractivity (Wildman–Crippen MR) is 111 cm³/mol. The van der Waals surface area contributed by atoms with E-state index in [0.717, 1.165) is 24.4 Å². The van der Waals surface area contributed by atoms with Crippen LogP contribution in [0.2, 0.25) is 5.02 Å². The number of benzene rings is 1. The van der Waals surface area contributed by atoms with Gasteiger partial charge in [0.15, 0.2) is 5.67 Å². The average Bonchev–Trinajstić information content (AvgIpc) is 3.22. The minimum absolute atomic E-state index is 0.0715. The number of rotatable bonds is 4. The number of pyridine rings is 1. The largest absolute Gasteiger partial charge is 0.435 e. The lowest BCUT2D eigenvalue weighted by molar-refractivity contribution is -0.276. The second-order valence-electron chi connectivity index (χ2n) is 8.76. The van der Waals surface area contributed by atoms with Crippen LogP contribution in [0.4, 0.5) is 43.9 Å². The lowest BCUT2D eigenvalue weighted by atomic mass is 9.85. The molecule has 0 radical (unpaired) electrons. The molecule has 1 unspecified atom stereocenters. The number of amides is 1. The Balaban J connectivity index is 1.53. The number of oxime groups is 1. The van der Waals surface area contributed by atoms with E-state index < -0.39 is 77.8 Å². The SMILES string of the molecule is O=C(CC(F)(F)F)N1CC(F)(c2ccc(C3=NOC(c4ccc(Cl)c(C(F)(F)F)c4)(C(F)(F)F)C3)cn2)C1. The Labute approximate surface area is 212 Å².